The molecule has 7 rings (SSSR count). The smallest absolute Gasteiger partial charge is 0.416 e. The highest BCUT2D eigenvalue weighted by atomic mass is 35.5. The molecule has 1 spiro atoms. The molecule has 0 saturated carbocycles. The summed E-state index contributed by atoms with van der Waals surface area (Å²) in [6, 6.07) is 7.13. The third kappa shape index (κ3) is 6.82. The average molecular weight is 780 g/mol. The second-order valence-electron chi connectivity index (χ2n) is 14.0. The Morgan fingerprint density at radius 1 is 1.07 bits per heavy atom. The molecule has 286 valence electrons. The van der Waals surface area contributed by atoms with E-state index in [9.17, 15) is 32.7 Å². The summed E-state index contributed by atoms with van der Waals surface area (Å²) in [4.78, 5) is 57.5. The lowest BCUT2D eigenvalue weighted by Crippen LogP contribution is -2.46. The van der Waals surface area contributed by atoms with Gasteiger partial charge in [0.2, 0.25) is 11.7 Å². The van der Waals surface area contributed by atoms with E-state index >= 15 is 4.39 Å². The van der Waals surface area contributed by atoms with E-state index in [2.05, 4.69) is 25.4 Å². The fourth-order valence-electron chi connectivity index (χ4n) is 7.34. The molecule has 18 heteroatoms. The SMILES string of the molecule is CC1=CC2(CCN(C(=O)c3ncnc(C)c3O)CC2)c2c1n(CC(=O)Nc1ccc(C(F)(F)F)cc1Cl)c1nc(-c3ccc(CN(C)C)cc3F)nn1c2=O. The molecule has 1 aliphatic heterocycles. The van der Waals surface area contributed by atoms with Crippen LogP contribution in [0.4, 0.5) is 23.2 Å². The zero-order valence-electron chi connectivity index (χ0n) is 30.0. The van der Waals surface area contributed by atoms with Crippen LogP contribution in [0, 0.1) is 12.7 Å². The van der Waals surface area contributed by atoms with Crippen LogP contribution < -0.4 is 10.9 Å². The topological polar surface area (TPSA) is 151 Å². The van der Waals surface area contributed by atoms with Crippen molar-refractivity contribution in [3.63, 3.8) is 0 Å². The van der Waals surface area contributed by atoms with E-state index in [-0.39, 0.29) is 70.9 Å². The zero-order valence-corrected chi connectivity index (χ0v) is 30.8. The molecular weight excluding hydrogens is 746 g/mol. The van der Waals surface area contributed by atoms with Crippen molar-refractivity contribution in [1.82, 2.24) is 38.9 Å². The number of rotatable bonds is 7. The Hall–Kier alpha value is -5.68. The standard InChI is InChI=1S/C37H34ClF4N9O4/c1-19-15-36(9-11-49(12-10-36)34(55)29-31(53)20(2)43-18-44-29)28-30(19)50(17-27(52)45-26-8-6-22(14-24(26)38)37(40,41)42)35-46-32(47-51(35)33(28)54)23-7-5-21(13-25(23)39)16-48(3)4/h5-8,13-15,18,53H,9-12,16-17H2,1-4H3,(H,45,52). The molecule has 2 amide bonds. The largest absolute Gasteiger partial charge is 0.504 e. The molecule has 2 N–H and O–H groups in total. The van der Waals surface area contributed by atoms with Crippen molar-refractivity contribution in [2.75, 3.05) is 32.5 Å². The highest BCUT2D eigenvalue weighted by Crippen LogP contribution is 2.46. The fourth-order valence-corrected chi connectivity index (χ4v) is 7.57. The predicted molar refractivity (Wildman–Crippen MR) is 194 cm³/mol. The second-order valence-corrected chi connectivity index (χ2v) is 14.4. The van der Waals surface area contributed by atoms with Gasteiger partial charge >= 0.3 is 6.18 Å². The number of nitrogens with zero attached hydrogens (tertiary/aromatic N) is 8. The number of aryl methyl sites for hydroxylation is 1. The summed E-state index contributed by atoms with van der Waals surface area (Å²) >= 11 is 6.14. The molecule has 4 heterocycles. The number of piperidine rings is 1. The van der Waals surface area contributed by atoms with Crippen LogP contribution in [0.2, 0.25) is 5.02 Å². The number of halogens is 5. The Labute approximate surface area is 315 Å². The van der Waals surface area contributed by atoms with E-state index in [1.54, 1.807) is 19.9 Å². The van der Waals surface area contributed by atoms with Crippen molar-refractivity contribution in [2.24, 2.45) is 0 Å². The number of aromatic hydroxyl groups is 1. The van der Waals surface area contributed by atoms with Gasteiger partial charge in [-0.25, -0.2) is 14.4 Å². The minimum Gasteiger partial charge on any atom is -0.504 e. The number of likely N-dealkylation sites (tertiary alicyclic amines) is 1. The van der Waals surface area contributed by atoms with Gasteiger partial charge in [-0.2, -0.15) is 22.7 Å². The molecule has 1 fully saturated rings. The van der Waals surface area contributed by atoms with E-state index in [4.69, 9.17) is 11.6 Å². The van der Waals surface area contributed by atoms with Crippen molar-refractivity contribution in [3.8, 4) is 17.1 Å². The highest BCUT2D eigenvalue weighted by molar-refractivity contribution is 6.33. The minimum absolute atomic E-state index is 0.0234. The number of anilines is 1. The summed E-state index contributed by atoms with van der Waals surface area (Å²) in [5.74, 6) is -2.32. The maximum atomic E-state index is 15.6. The maximum Gasteiger partial charge on any atom is 0.416 e. The van der Waals surface area contributed by atoms with Crippen LogP contribution in [0.5, 0.6) is 5.75 Å². The lowest BCUT2D eigenvalue weighted by molar-refractivity contribution is -0.137. The highest BCUT2D eigenvalue weighted by Gasteiger charge is 2.45. The lowest BCUT2D eigenvalue weighted by atomic mass is 9.75. The van der Waals surface area contributed by atoms with Crippen LogP contribution >= 0.6 is 11.6 Å². The van der Waals surface area contributed by atoms with Gasteiger partial charge in [-0.3, -0.25) is 14.4 Å². The van der Waals surface area contributed by atoms with Gasteiger partial charge in [0.25, 0.3) is 11.5 Å². The van der Waals surface area contributed by atoms with Gasteiger partial charge in [-0.05, 0) is 82.3 Å². The molecule has 0 radical (unpaired) electrons. The molecule has 55 heavy (non-hydrogen) atoms. The summed E-state index contributed by atoms with van der Waals surface area (Å²) in [5.41, 5.74) is -0.388. The quantitative estimate of drug-likeness (QED) is 0.205. The van der Waals surface area contributed by atoms with Gasteiger partial charge in [-0.15, -0.1) is 5.10 Å². The number of hydrogen-bond donors (Lipinski definition) is 2. The van der Waals surface area contributed by atoms with Gasteiger partial charge < -0.3 is 24.8 Å². The number of carbonyl (C=O) groups excluding carboxylic acids is 2. The summed E-state index contributed by atoms with van der Waals surface area (Å²) in [6.45, 7) is 3.68. The van der Waals surface area contributed by atoms with Crippen LogP contribution in [0.25, 0.3) is 22.7 Å². The van der Waals surface area contributed by atoms with Gasteiger partial charge in [0.15, 0.2) is 17.3 Å². The Morgan fingerprint density at radius 3 is 2.45 bits per heavy atom. The first-order valence-electron chi connectivity index (χ1n) is 17.1. The number of aromatic nitrogens is 6. The predicted octanol–water partition coefficient (Wildman–Crippen LogP) is 5.46. The fraction of sp³-hybridized carbons (Fsp3) is 0.324. The first kappa shape index (κ1) is 37.6. The van der Waals surface area contributed by atoms with E-state index in [0.29, 0.717) is 35.0 Å². The van der Waals surface area contributed by atoms with Crippen LogP contribution in [0.1, 0.15) is 58.3 Å². The zero-order chi connectivity index (χ0) is 39.6. The Balaban J connectivity index is 1.30. The molecule has 3 aromatic heterocycles. The second kappa shape index (κ2) is 13.9. The van der Waals surface area contributed by atoms with Gasteiger partial charge in [-0.1, -0.05) is 23.7 Å². The van der Waals surface area contributed by atoms with Crippen LogP contribution in [0.15, 0.2) is 53.6 Å². The number of nitrogens with one attached hydrogen (secondary N) is 1. The number of allylic oxidation sites excluding steroid dienone is 2. The Morgan fingerprint density at radius 2 is 1.80 bits per heavy atom. The number of benzene rings is 2. The van der Waals surface area contributed by atoms with Gasteiger partial charge in [0.1, 0.15) is 18.7 Å². The Kier molecular flexibility index (Phi) is 9.49. The monoisotopic (exact) mass is 779 g/mol. The number of amides is 2. The number of carbonyl (C=O) groups is 2. The molecular formula is C37H34ClF4N9O4. The maximum absolute atomic E-state index is 15.6. The van der Waals surface area contributed by atoms with Gasteiger partial charge in [0.05, 0.1) is 38.8 Å². The summed E-state index contributed by atoms with van der Waals surface area (Å²) in [5, 5.41) is 17.1. The molecule has 0 atom stereocenters. The molecule has 1 aliphatic carbocycles. The third-order valence-electron chi connectivity index (χ3n) is 9.90. The van der Waals surface area contributed by atoms with Crippen molar-refractivity contribution in [3.05, 3.63) is 104 Å². The third-order valence-corrected chi connectivity index (χ3v) is 10.2. The van der Waals surface area contributed by atoms with E-state index in [1.165, 1.54) is 27.9 Å². The average Bonchev–Trinajstić information content (AvgIpc) is 3.68. The van der Waals surface area contributed by atoms with E-state index < -0.39 is 46.9 Å². The first-order chi connectivity index (χ1) is 26.0. The van der Waals surface area contributed by atoms with Crippen LogP contribution in [-0.4, -0.2) is 83.0 Å². The molecule has 2 aromatic carbocycles. The normalized spacial score (nSPS) is 15.2. The van der Waals surface area contributed by atoms with Crippen LogP contribution in [0.3, 0.4) is 0 Å². The molecule has 5 aromatic rings. The molecule has 0 unspecified atom stereocenters. The van der Waals surface area contributed by atoms with Crippen LogP contribution in [-0.2, 0) is 29.5 Å². The van der Waals surface area contributed by atoms with Gasteiger partial charge in [0, 0.05) is 25.0 Å². The van der Waals surface area contributed by atoms with E-state index in [0.717, 1.165) is 16.6 Å². The van der Waals surface area contributed by atoms with Crippen molar-refractivity contribution in [1.29, 1.82) is 0 Å². The Bertz CT molecular complexity index is 2490. The van der Waals surface area contributed by atoms with Crippen molar-refractivity contribution >= 4 is 40.5 Å². The van der Waals surface area contributed by atoms with Crippen molar-refractivity contribution in [2.45, 2.75) is 51.4 Å². The molecule has 1 saturated heterocycles. The molecule has 0 bridgehead atoms. The summed E-state index contributed by atoms with van der Waals surface area (Å²) < 4.78 is 57.9. The minimum atomic E-state index is -4.65. The molecule has 13 nitrogen and oxygen atoms in total. The summed E-state index contributed by atoms with van der Waals surface area (Å²) in [6.07, 6.45) is -0.973. The lowest BCUT2D eigenvalue weighted by Gasteiger charge is -2.38. The van der Waals surface area contributed by atoms with E-state index in [1.807, 2.05) is 25.1 Å². The van der Waals surface area contributed by atoms with Crippen molar-refractivity contribution < 1.29 is 32.3 Å². The number of alkyl halides is 3. The first-order valence-corrected chi connectivity index (χ1v) is 17.5. The number of fused-ring (bicyclic) bond motifs is 3. The summed E-state index contributed by atoms with van der Waals surface area (Å²) in [7, 11) is 3.69. The number of hydrogen-bond acceptors (Lipinski definition) is 9. The molecule has 2 aliphatic rings.